The average Bonchev–Trinajstić information content (AvgIpc) is 3.35. The lowest BCUT2D eigenvalue weighted by Gasteiger charge is -2.28. The number of ether oxygens (including phenoxy) is 2. The van der Waals surface area contributed by atoms with Crippen LogP contribution in [0.5, 0.6) is 11.5 Å². The van der Waals surface area contributed by atoms with Crippen molar-refractivity contribution in [2.45, 2.75) is 22.6 Å². The lowest BCUT2D eigenvalue weighted by molar-refractivity contribution is -0.149. The lowest BCUT2D eigenvalue weighted by atomic mass is 10.2. The van der Waals surface area contributed by atoms with Gasteiger partial charge in [-0.15, -0.1) is 0 Å². The van der Waals surface area contributed by atoms with E-state index in [4.69, 9.17) is 9.47 Å². The molecule has 5 rings (SSSR count). The number of hydrogen-bond acceptors (Lipinski definition) is 6. The summed E-state index contributed by atoms with van der Waals surface area (Å²) in [7, 11) is 0. The maximum absolute atomic E-state index is 13.1. The van der Waals surface area contributed by atoms with Crippen molar-refractivity contribution in [1.82, 2.24) is 0 Å². The third kappa shape index (κ3) is 3.93. The highest BCUT2D eigenvalue weighted by Crippen LogP contribution is 2.56. The van der Waals surface area contributed by atoms with Gasteiger partial charge in [-0.05, 0) is 36.4 Å². The summed E-state index contributed by atoms with van der Waals surface area (Å²) in [5.41, 5.74) is 1.17. The molecule has 166 valence electrons. The zero-order valence-corrected chi connectivity index (χ0v) is 18.3. The topological polar surface area (TPSA) is 84.9 Å². The average molecular weight is 461 g/mol. The van der Waals surface area contributed by atoms with Crippen molar-refractivity contribution >= 4 is 40.9 Å². The van der Waals surface area contributed by atoms with Crippen LogP contribution in [0.25, 0.3) is 0 Å². The number of carbonyl (C=O) groups excluding carboxylic acids is 3. The molecular formula is C25H20N2O5S. The molecule has 1 fully saturated rings. The molecule has 3 aromatic rings. The van der Waals surface area contributed by atoms with Gasteiger partial charge in [-0.2, -0.15) is 0 Å². The van der Waals surface area contributed by atoms with E-state index in [1.165, 1.54) is 16.7 Å². The second-order valence-corrected chi connectivity index (χ2v) is 8.94. The minimum atomic E-state index is -1.16. The first kappa shape index (κ1) is 21.1. The highest BCUT2D eigenvalue weighted by atomic mass is 32.2. The number of para-hydroxylation sites is 4. The Balaban J connectivity index is 1.25. The molecule has 33 heavy (non-hydrogen) atoms. The van der Waals surface area contributed by atoms with Crippen LogP contribution in [0.4, 0.5) is 11.4 Å². The zero-order valence-electron chi connectivity index (χ0n) is 17.5. The van der Waals surface area contributed by atoms with E-state index in [0.717, 1.165) is 4.90 Å². The number of nitrogens with one attached hydrogen (secondary N) is 1. The van der Waals surface area contributed by atoms with Crippen molar-refractivity contribution in [2.75, 3.05) is 16.8 Å². The molecule has 1 unspecified atom stereocenters. The van der Waals surface area contributed by atoms with E-state index in [1.54, 1.807) is 24.3 Å². The van der Waals surface area contributed by atoms with Crippen LogP contribution in [0.1, 0.15) is 12.8 Å². The van der Waals surface area contributed by atoms with Gasteiger partial charge < -0.3 is 14.8 Å². The number of nitrogens with zero attached hydrogens (tertiary/aromatic N) is 1. The first-order valence-corrected chi connectivity index (χ1v) is 11.3. The molecule has 0 aromatic heterocycles. The van der Waals surface area contributed by atoms with Crippen molar-refractivity contribution in [2.24, 2.45) is 0 Å². The van der Waals surface area contributed by atoms with E-state index in [2.05, 4.69) is 5.32 Å². The minimum Gasteiger partial charge on any atom is -0.455 e. The van der Waals surface area contributed by atoms with Gasteiger partial charge in [-0.25, -0.2) is 4.79 Å². The first-order valence-electron chi connectivity index (χ1n) is 10.5. The summed E-state index contributed by atoms with van der Waals surface area (Å²) in [6.07, 6.45) is 0.589. The summed E-state index contributed by atoms with van der Waals surface area (Å²) < 4.78 is 11.2. The molecular weight excluding hydrogens is 440 g/mol. The molecule has 1 N–H and O–H groups in total. The van der Waals surface area contributed by atoms with Gasteiger partial charge in [-0.3, -0.25) is 14.5 Å². The van der Waals surface area contributed by atoms with Crippen LogP contribution >= 0.6 is 11.8 Å². The number of amides is 2. The first-order chi connectivity index (χ1) is 16.1. The van der Waals surface area contributed by atoms with Crippen molar-refractivity contribution in [3.05, 3.63) is 78.9 Å². The van der Waals surface area contributed by atoms with E-state index < -0.39 is 23.4 Å². The summed E-state index contributed by atoms with van der Waals surface area (Å²) >= 11 is 1.30. The number of fused-ring (bicyclic) bond motifs is 3. The molecule has 0 aliphatic carbocycles. The van der Waals surface area contributed by atoms with Gasteiger partial charge in [0.25, 0.3) is 5.91 Å². The zero-order chi connectivity index (χ0) is 22.8. The maximum atomic E-state index is 13.1. The summed E-state index contributed by atoms with van der Waals surface area (Å²) in [4.78, 5) is 39.4. The minimum absolute atomic E-state index is 0.124. The second-order valence-electron chi connectivity index (χ2n) is 7.62. The van der Waals surface area contributed by atoms with E-state index in [9.17, 15) is 14.4 Å². The highest BCUT2D eigenvalue weighted by Gasteiger charge is 2.58. The van der Waals surface area contributed by atoms with Gasteiger partial charge >= 0.3 is 5.97 Å². The van der Waals surface area contributed by atoms with Gasteiger partial charge in [0, 0.05) is 17.7 Å². The van der Waals surface area contributed by atoms with Gasteiger partial charge in [0.1, 0.15) is 5.75 Å². The normalized spacial score (nSPS) is 18.4. The van der Waals surface area contributed by atoms with Crippen LogP contribution in [-0.4, -0.2) is 29.3 Å². The van der Waals surface area contributed by atoms with E-state index in [-0.39, 0.29) is 12.3 Å². The number of thioether (sulfide) groups is 1. The highest BCUT2D eigenvalue weighted by molar-refractivity contribution is 8.02. The molecule has 2 aliphatic rings. The smallest absolute Gasteiger partial charge is 0.344 e. The quantitative estimate of drug-likeness (QED) is 0.542. The fourth-order valence-corrected chi connectivity index (χ4v) is 5.39. The van der Waals surface area contributed by atoms with Gasteiger partial charge in [0.2, 0.25) is 5.91 Å². The third-order valence-corrected chi connectivity index (χ3v) is 6.91. The number of carbonyl (C=O) groups is 3. The summed E-state index contributed by atoms with van der Waals surface area (Å²) in [5, 5.41) is 2.73. The Morgan fingerprint density at radius 1 is 0.970 bits per heavy atom. The molecule has 1 atom stereocenters. The fourth-order valence-electron chi connectivity index (χ4n) is 3.98. The van der Waals surface area contributed by atoms with E-state index >= 15 is 0 Å². The monoisotopic (exact) mass is 460 g/mol. The van der Waals surface area contributed by atoms with Crippen LogP contribution in [0, 0.1) is 0 Å². The van der Waals surface area contributed by atoms with Gasteiger partial charge in [0.05, 0.1) is 11.4 Å². The summed E-state index contributed by atoms with van der Waals surface area (Å²) in [6.45, 7) is -0.473. The molecule has 0 saturated carbocycles. The van der Waals surface area contributed by atoms with Crippen molar-refractivity contribution in [3.63, 3.8) is 0 Å². The molecule has 1 saturated heterocycles. The molecule has 2 amide bonds. The molecule has 2 aliphatic heterocycles. The molecule has 0 spiro atoms. The Kier molecular flexibility index (Phi) is 5.51. The lowest BCUT2D eigenvalue weighted by Crippen LogP contribution is -2.48. The third-order valence-electron chi connectivity index (χ3n) is 5.46. The number of rotatable bonds is 6. The second kappa shape index (κ2) is 8.63. The molecule has 8 heteroatoms. The van der Waals surface area contributed by atoms with E-state index in [0.29, 0.717) is 29.3 Å². The Morgan fingerprint density at radius 3 is 2.55 bits per heavy atom. The maximum Gasteiger partial charge on any atom is 0.344 e. The predicted octanol–water partition coefficient (Wildman–Crippen LogP) is 4.59. The van der Waals surface area contributed by atoms with E-state index in [1.807, 2.05) is 54.6 Å². The standard InChI is InChI=1S/C25H20N2O5S/c28-22(26-18-10-4-6-12-20(18)32-17-8-2-1-3-9-17)16-31-24(30)25-15-14-23(29)27(25)19-11-5-7-13-21(19)33-25/h1-13H,14-16H2,(H,26,28). The SMILES string of the molecule is O=C(COC(=O)C12CCC(=O)N1c1ccccc1S2)Nc1ccccc1Oc1ccccc1. The Morgan fingerprint density at radius 2 is 1.70 bits per heavy atom. The molecule has 7 nitrogen and oxygen atoms in total. The van der Waals surface area contributed by atoms with Crippen molar-refractivity contribution in [3.8, 4) is 11.5 Å². The molecule has 0 radical (unpaired) electrons. The van der Waals surface area contributed by atoms with Gasteiger partial charge in [-0.1, -0.05) is 54.2 Å². The summed E-state index contributed by atoms with van der Waals surface area (Å²) in [5.74, 6) is -0.121. The molecule has 2 heterocycles. The van der Waals surface area contributed by atoms with Crippen LogP contribution in [0.2, 0.25) is 0 Å². The van der Waals surface area contributed by atoms with Crippen LogP contribution in [-0.2, 0) is 19.1 Å². The van der Waals surface area contributed by atoms with Gasteiger partial charge in [0.15, 0.2) is 17.2 Å². The molecule has 0 bridgehead atoms. The van der Waals surface area contributed by atoms with Crippen LogP contribution in [0.3, 0.4) is 0 Å². The van der Waals surface area contributed by atoms with Crippen molar-refractivity contribution < 1.29 is 23.9 Å². The Bertz CT molecular complexity index is 1230. The fraction of sp³-hybridized carbons (Fsp3) is 0.160. The Hall–Kier alpha value is -3.78. The number of esters is 1. The van der Waals surface area contributed by atoms with Crippen molar-refractivity contribution in [1.29, 1.82) is 0 Å². The van der Waals surface area contributed by atoms with Crippen LogP contribution < -0.4 is 15.0 Å². The predicted molar refractivity (Wildman–Crippen MR) is 124 cm³/mol. The molecule has 3 aromatic carbocycles. The van der Waals surface area contributed by atoms with Crippen LogP contribution in [0.15, 0.2) is 83.8 Å². The number of hydrogen-bond donors (Lipinski definition) is 1. The Labute approximate surface area is 194 Å². The number of anilines is 2. The number of benzene rings is 3. The summed E-state index contributed by atoms with van der Waals surface area (Å²) in [6, 6.07) is 23.6. The largest absolute Gasteiger partial charge is 0.455 e.